The molecule has 448 valence electrons. The van der Waals surface area contributed by atoms with Crippen LogP contribution in [0, 0.1) is 77.0 Å². The van der Waals surface area contributed by atoms with Crippen LogP contribution < -0.4 is 9.05 Å². The second-order valence-electron chi connectivity index (χ2n) is 29.4. The third-order valence-electron chi connectivity index (χ3n) is 19.8. The summed E-state index contributed by atoms with van der Waals surface area (Å²) < 4.78 is 43.3. The van der Waals surface area contributed by atoms with Crippen molar-refractivity contribution in [1.82, 2.24) is 0 Å². The van der Waals surface area contributed by atoms with Crippen LogP contribution in [0.5, 0.6) is 11.5 Å². The second-order valence-corrected chi connectivity index (χ2v) is 31.4. The van der Waals surface area contributed by atoms with Crippen molar-refractivity contribution in [1.29, 1.82) is 0 Å². The summed E-state index contributed by atoms with van der Waals surface area (Å²) in [6.07, 6.45) is 6.29. The summed E-state index contributed by atoms with van der Waals surface area (Å²) in [4.78, 5) is 0. The highest BCUT2D eigenvalue weighted by atomic mass is 31.1. The summed E-state index contributed by atoms with van der Waals surface area (Å²) in [5.41, 5.74) is 22.0. The first-order valence-electron chi connectivity index (χ1n) is 31.6. The van der Waals surface area contributed by atoms with Crippen molar-refractivity contribution in [2.75, 3.05) is 0 Å². The van der Waals surface area contributed by atoms with Gasteiger partial charge in [-0.25, -0.2) is 0 Å². The largest absolute Gasteiger partial charge is 0.453 e. The van der Waals surface area contributed by atoms with E-state index in [1.54, 1.807) is 0 Å². The van der Waals surface area contributed by atoms with Crippen LogP contribution in [0.1, 0.15) is 235 Å². The molecule has 0 amide bonds. The Labute approximate surface area is 509 Å². The number of aryl methyl sites for hydroxylation is 8. The van der Waals surface area contributed by atoms with Gasteiger partial charge in [0.2, 0.25) is 0 Å². The zero-order valence-corrected chi connectivity index (χ0v) is 56.6. The van der Waals surface area contributed by atoms with Gasteiger partial charge in [0.1, 0.15) is 33.8 Å². The molecule has 5 unspecified atom stereocenters. The Balaban J connectivity index is 1.13. The van der Waals surface area contributed by atoms with Gasteiger partial charge in [0, 0.05) is 44.5 Å². The molecule has 6 nitrogen and oxygen atoms in total. The highest BCUT2D eigenvalue weighted by molar-refractivity contribution is 7.32. The zero-order valence-electron chi connectivity index (χ0n) is 54.8. The Bertz CT molecular complexity index is 4000. The molecule has 0 radical (unpaired) electrons. The minimum absolute atomic E-state index is 0.0337. The van der Waals surface area contributed by atoms with E-state index in [0.29, 0.717) is 11.8 Å². The molecule has 2 bridgehead atoms. The lowest BCUT2D eigenvalue weighted by molar-refractivity contribution is -0.000377. The molecule has 0 saturated heterocycles. The SMILES string of the molecule is CCC(CC)(C(CC(C)(C)C)c1ccccc1)C(C)(C)CC(C)c1ccc(Op2oc3c(C)cc(C)cc3c3cc(C)cc(C)c3o2)c2c1C1CC2c2c(Op3oc4c(C)cc(C)cc4c4cc(C)cc(C)c4o3)ccc(C(C)CC(C)(C)C)c21. The minimum atomic E-state index is -1.98. The normalized spacial score (nSPS) is 16.3. The van der Waals surface area contributed by atoms with E-state index >= 15 is 0 Å². The van der Waals surface area contributed by atoms with Gasteiger partial charge in [0.15, 0.2) is 0 Å². The molecule has 7 aromatic carbocycles. The van der Waals surface area contributed by atoms with Crippen molar-refractivity contribution < 1.29 is 25.8 Å². The molecule has 0 saturated carbocycles. The summed E-state index contributed by atoms with van der Waals surface area (Å²) >= 11 is 0. The second kappa shape index (κ2) is 22.6. The molecule has 0 aliphatic heterocycles. The predicted octanol–water partition coefficient (Wildman–Crippen LogP) is 25.1. The van der Waals surface area contributed by atoms with Gasteiger partial charge in [-0.2, -0.15) is 0 Å². The fourth-order valence-electron chi connectivity index (χ4n) is 16.7. The first-order chi connectivity index (χ1) is 40.1. The summed E-state index contributed by atoms with van der Waals surface area (Å²) in [7, 11) is -3.94. The maximum atomic E-state index is 7.49. The van der Waals surface area contributed by atoms with E-state index in [0.717, 1.165) is 116 Å². The molecule has 2 aliphatic carbocycles. The molecular weight excluding hydrogens is 1080 g/mol. The fraction of sp³-hybridized carbons (Fsp3) is 0.455. The maximum Gasteiger partial charge on any atom is 0.453 e. The quantitative estimate of drug-likeness (QED) is 0.102. The van der Waals surface area contributed by atoms with Crippen LogP contribution in [-0.2, 0) is 0 Å². The summed E-state index contributed by atoms with van der Waals surface area (Å²) in [6, 6.07) is 38.5. The lowest BCUT2D eigenvalue weighted by Gasteiger charge is -2.54. The van der Waals surface area contributed by atoms with Gasteiger partial charge in [-0.15, -0.1) is 0 Å². The van der Waals surface area contributed by atoms with Crippen LogP contribution in [0.4, 0.5) is 0 Å². The van der Waals surface area contributed by atoms with Crippen molar-refractivity contribution in [3.05, 3.63) is 187 Å². The lowest BCUT2D eigenvalue weighted by Crippen LogP contribution is -2.44. The lowest BCUT2D eigenvalue weighted by atomic mass is 9.50. The monoisotopic (exact) mass is 1180 g/mol. The third-order valence-corrected chi connectivity index (χ3v) is 21.8. The van der Waals surface area contributed by atoms with Crippen LogP contribution in [0.25, 0.3) is 43.9 Å². The van der Waals surface area contributed by atoms with Crippen molar-refractivity contribution in [3.8, 4) is 11.5 Å². The highest BCUT2D eigenvalue weighted by Crippen LogP contribution is 2.67. The smallest absolute Gasteiger partial charge is 0.390 e. The number of hydrogen-bond donors (Lipinski definition) is 0. The van der Waals surface area contributed by atoms with Crippen molar-refractivity contribution >= 4 is 60.4 Å². The summed E-state index contributed by atoms with van der Waals surface area (Å²) in [5.74, 6) is 2.58. The van der Waals surface area contributed by atoms with E-state index in [9.17, 15) is 0 Å². The van der Waals surface area contributed by atoms with Gasteiger partial charge in [-0.1, -0.05) is 150 Å². The molecular formula is C77H94O6P2. The van der Waals surface area contributed by atoms with E-state index < -0.39 is 16.5 Å². The van der Waals surface area contributed by atoms with E-state index in [-0.39, 0.29) is 39.4 Å². The van der Waals surface area contributed by atoms with E-state index in [1.807, 2.05) is 0 Å². The summed E-state index contributed by atoms with van der Waals surface area (Å²) in [6.45, 7) is 46.6. The van der Waals surface area contributed by atoms with Gasteiger partial charge in [-0.3, -0.25) is 0 Å². The van der Waals surface area contributed by atoms with Gasteiger partial charge in [-0.05, 0) is 242 Å². The summed E-state index contributed by atoms with van der Waals surface area (Å²) in [5, 5.41) is 4.15. The number of rotatable bonds is 15. The van der Waals surface area contributed by atoms with Gasteiger partial charge in [0.05, 0.1) is 0 Å². The topological polar surface area (TPSA) is 71.0 Å². The molecule has 2 heterocycles. The fourth-order valence-corrected chi connectivity index (χ4v) is 19.1. The molecule has 85 heavy (non-hydrogen) atoms. The van der Waals surface area contributed by atoms with Crippen molar-refractivity contribution in [2.45, 2.75) is 207 Å². The van der Waals surface area contributed by atoms with Gasteiger partial charge < -0.3 is 25.8 Å². The van der Waals surface area contributed by atoms with Crippen LogP contribution in [0.3, 0.4) is 0 Å². The first kappa shape index (κ1) is 60.6. The predicted molar refractivity (Wildman–Crippen MR) is 359 cm³/mol. The Morgan fingerprint density at radius 3 is 1.15 bits per heavy atom. The molecule has 0 fully saturated rings. The molecule has 11 rings (SSSR count). The molecule has 5 atom stereocenters. The minimum Gasteiger partial charge on any atom is -0.390 e. The maximum absolute atomic E-state index is 7.49. The van der Waals surface area contributed by atoms with E-state index in [4.69, 9.17) is 25.8 Å². The standard InChI is InChI=1S/C77H94O6P2/c1-21-77(22-2,63(43-75(16,17)18)54-26-24-23-25-27-54)76(19,20)42-53(12)56-29-31-65(79-85-82-72-50(9)34-46(5)38-59(72)60-39-47(6)35-51(10)73(60)83-85)69-62-40-61(67(56)69)66-55(52(11)41-74(13,14)15)28-30-64(68(62)66)78-84-80-70-48(7)32-44(3)36-57(70)58-37-45(4)33-49(8)71(58)81-84/h23-39,52-53,61-63H,21-22,40-43H2,1-20H3. The molecule has 8 heteroatoms. The van der Waals surface area contributed by atoms with Crippen molar-refractivity contribution in [3.63, 3.8) is 0 Å². The van der Waals surface area contributed by atoms with Crippen LogP contribution in [-0.4, -0.2) is 0 Å². The van der Waals surface area contributed by atoms with E-state index in [1.165, 1.54) is 61.2 Å². The number of fused-ring (bicyclic) bond motifs is 14. The van der Waals surface area contributed by atoms with Crippen LogP contribution in [0.2, 0.25) is 0 Å². The first-order valence-corrected chi connectivity index (χ1v) is 33.8. The van der Waals surface area contributed by atoms with Gasteiger partial charge in [0.25, 0.3) is 0 Å². The molecule has 0 N–H and O–H groups in total. The number of hydrogen-bond acceptors (Lipinski definition) is 6. The molecule has 9 aromatic rings. The third kappa shape index (κ3) is 11.2. The molecule has 2 aromatic heterocycles. The Hall–Kier alpha value is -6.06. The molecule has 2 aliphatic rings. The Morgan fingerprint density at radius 1 is 0.447 bits per heavy atom. The van der Waals surface area contributed by atoms with Gasteiger partial charge >= 0.3 is 16.5 Å². The Morgan fingerprint density at radius 2 is 0.800 bits per heavy atom. The highest BCUT2D eigenvalue weighted by Gasteiger charge is 2.52. The van der Waals surface area contributed by atoms with Crippen molar-refractivity contribution in [2.24, 2.45) is 21.7 Å². The van der Waals surface area contributed by atoms with Crippen LogP contribution >= 0.6 is 16.5 Å². The van der Waals surface area contributed by atoms with E-state index in [2.05, 4.69) is 242 Å². The average molecular weight is 1180 g/mol. The number of benzene rings is 7. The molecule has 0 spiro atoms. The van der Waals surface area contributed by atoms with Crippen LogP contribution in [0.15, 0.2) is 120 Å². The average Bonchev–Trinajstić information content (AvgIpc) is 1.58. The zero-order chi connectivity index (χ0) is 61.0. The Kier molecular flexibility index (Phi) is 16.1.